The number of alkyl halides is 3. The molecule has 0 saturated carbocycles. The van der Waals surface area contributed by atoms with Gasteiger partial charge in [-0.15, -0.1) is 0 Å². The van der Waals surface area contributed by atoms with Gasteiger partial charge in [-0.25, -0.2) is 0 Å². The fraction of sp³-hybridized carbons (Fsp3) is 0.714. The summed E-state index contributed by atoms with van der Waals surface area (Å²) in [5.74, 6) is -0.171. The number of rotatable bonds is 5. The molecule has 1 unspecified atom stereocenters. The van der Waals surface area contributed by atoms with Crippen LogP contribution < -0.4 is 0 Å². The first-order chi connectivity index (χ1) is 10.3. The maximum Gasteiger partial charge on any atom is 0.411 e. The van der Waals surface area contributed by atoms with Gasteiger partial charge in [0, 0.05) is 19.3 Å². The lowest BCUT2D eigenvalue weighted by Crippen LogP contribution is -2.41. The van der Waals surface area contributed by atoms with E-state index >= 15 is 0 Å². The van der Waals surface area contributed by atoms with Crippen LogP contribution >= 0.6 is 0 Å². The standard InChI is InChI=1S/C14H20F3N3O2/c1-11-7-18-20(8-11)12-3-2-5-19(9-12)13(21)4-6-22-10-14(15,16)17/h7-8,12H,2-6,9-10H2,1H3. The van der Waals surface area contributed by atoms with Crippen LogP contribution in [0.5, 0.6) is 0 Å². The first-order valence-corrected chi connectivity index (χ1v) is 7.28. The Labute approximate surface area is 127 Å². The molecule has 2 rings (SSSR count). The second-order valence-electron chi connectivity index (χ2n) is 5.55. The number of aromatic nitrogens is 2. The number of ether oxygens (including phenoxy) is 1. The van der Waals surface area contributed by atoms with Gasteiger partial charge in [0.05, 0.1) is 25.3 Å². The smallest absolute Gasteiger partial charge is 0.372 e. The summed E-state index contributed by atoms with van der Waals surface area (Å²) < 4.78 is 42.2. The summed E-state index contributed by atoms with van der Waals surface area (Å²) in [4.78, 5) is 13.7. The minimum Gasteiger partial charge on any atom is -0.372 e. The second-order valence-corrected chi connectivity index (χ2v) is 5.55. The van der Waals surface area contributed by atoms with Crippen LogP contribution in [0.3, 0.4) is 0 Å². The fourth-order valence-corrected chi connectivity index (χ4v) is 2.54. The van der Waals surface area contributed by atoms with E-state index in [1.165, 1.54) is 0 Å². The van der Waals surface area contributed by atoms with Crippen LogP contribution in [0, 0.1) is 6.92 Å². The Hall–Kier alpha value is -1.57. The Bertz CT molecular complexity index is 502. The van der Waals surface area contributed by atoms with E-state index in [0.717, 1.165) is 18.4 Å². The first-order valence-electron chi connectivity index (χ1n) is 7.28. The summed E-state index contributed by atoms with van der Waals surface area (Å²) in [5, 5.41) is 4.26. The molecule has 0 N–H and O–H groups in total. The zero-order valence-electron chi connectivity index (χ0n) is 12.5. The number of nitrogens with zero attached hydrogens (tertiary/aromatic N) is 3. The largest absolute Gasteiger partial charge is 0.411 e. The van der Waals surface area contributed by atoms with Gasteiger partial charge in [0.2, 0.25) is 5.91 Å². The average molecular weight is 319 g/mol. The summed E-state index contributed by atoms with van der Waals surface area (Å²) in [5.41, 5.74) is 1.06. The van der Waals surface area contributed by atoms with Gasteiger partial charge in [0.15, 0.2) is 0 Å². The summed E-state index contributed by atoms with van der Waals surface area (Å²) in [6.45, 7) is 1.61. The van der Waals surface area contributed by atoms with E-state index in [2.05, 4.69) is 9.84 Å². The Morgan fingerprint density at radius 1 is 1.50 bits per heavy atom. The van der Waals surface area contributed by atoms with Crippen molar-refractivity contribution in [3.8, 4) is 0 Å². The van der Waals surface area contributed by atoms with Crippen molar-refractivity contribution in [2.45, 2.75) is 38.4 Å². The van der Waals surface area contributed by atoms with Crippen LogP contribution in [-0.4, -0.2) is 53.1 Å². The molecule has 5 nitrogen and oxygen atoms in total. The van der Waals surface area contributed by atoms with Crippen molar-refractivity contribution in [2.24, 2.45) is 0 Å². The first kappa shape index (κ1) is 16.8. The van der Waals surface area contributed by atoms with Gasteiger partial charge in [0.1, 0.15) is 6.61 Å². The number of piperidine rings is 1. The van der Waals surface area contributed by atoms with Crippen LogP contribution in [-0.2, 0) is 9.53 Å². The lowest BCUT2D eigenvalue weighted by atomic mass is 10.1. The highest BCUT2D eigenvalue weighted by molar-refractivity contribution is 5.76. The molecule has 1 aromatic heterocycles. The minimum atomic E-state index is -4.35. The predicted molar refractivity (Wildman–Crippen MR) is 73.3 cm³/mol. The molecule has 0 spiro atoms. The molecule has 1 aliphatic heterocycles. The molecule has 2 heterocycles. The van der Waals surface area contributed by atoms with Gasteiger partial charge in [-0.2, -0.15) is 18.3 Å². The SMILES string of the molecule is Cc1cnn(C2CCCN(C(=O)CCOCC(F)(F)F)C2)c1. The summed E-state index contributed by atoms with van der Waals surface area (Å²) in [6, 6.07) is 0.127. The monoisotopic (exact) mass is 319 g/mol. The number of carbonyl (C=O) groups is 1. The van der Waals surface area contributed by atoms with Crippen LogP contribution in [0.25, 0.3) is 0 Å². The predicted octanol–water partition coefficient (Wildman–Crippen LogP) is 2.32. The van der Waals surface area contributed by atoms with Gasteiger partial charge < -0.3 is 9.64 Å². The van der Waals surface area contributed by atoms with Crippen LogP contribution in [0.2, 0.25) is 0 Å². The van der Waals surface area contributed by atoms with E-state index in [4.69, 9.17) is 0 Å². The van der Waals surface area contributed by atoms with Crippen molar-refractivity contribution in [3.05, 3.63) is 18.0 Å². The third-order valence-electron chi connectivity index (χ3n) is 3.58. The molecule has 1 aliphatic rings. The molecule has 1 amide bonds. The highest BCUT2D eigenvalue weighted by Gasteiger charge is 2.28. The number of aryl methyl sites for hydroxylation is 1. The molecular weight excluding hydrogens is 299 g/mol. The van der Waals surface area contributed by atoms with E-state index in [1.807, 2.05) is 17.8 Å². The lowest BCUT2D eigenvalue weighted by Gasteiger charge is -2.33. The highest BCUT2D eigenvalue weighted by atomic mass is 19.4. The molecule has 22 heavy (non-hydrogen) atoms. The zero-order valence-corrected chi connectivity index (χ0v) is 12.5. The van der Waals surface area contributed by atoms with E-state index in [-0.39, 0.29) is 25.0 Å². The third-order valence-corrected chi connectivity index (χ3v) is 3.58. The summed E-state index contributed by atoms with van der Waals surface area (Å²) in [7, 11) is 0. The molecule has 0 aromatic carbocycles. The molecule has 0 radical (unpaired) electrons. The van der Waals surface area contributed by atoms with Crippen LogP contribution in [0.4, 0.5) is 13.2 Å². The van der Waals surface area contributed by atoms with Gasteiger partial charge in [-0.05, 0) is 25.3 Å². The van der Waals surface area contributed by atoms with Gasteiger partial charge in [-0.1, -0.05) is 0 Å². The number of likely N-dealkylation sites (tertiary alicyclic amines) is 1. The molecule has 1 atom stereocenters. The Kier molecular flexibility index (Phi) is 5.44. The molecule has 124 valence electrons. The van der Waals surface area contributed by atoms with E-state index in [9.17, 15) is 18.0 Å². The van der Waals surface area contributed by atoms with Crippen LogP contribution in [0.1, 0.15) is 30.9 Å². The maximum absolute atomic E-state index is 12.0. The van der Waals surface area contributed by atoms with Crippen molar-refractivity contribution >= 4 is 5.91 Å². The van der Waals surface area contributed by atoms with E-state index < -0.39 is 12.8 Å². The normalized spacial score (nSPS) is 19.5. The fourth-order valence-electron chi connectivity index (χ4n) is 2.54. The quantitative estimate of drug-likeness (QED) is 0.783. The molecule has 0 aliphatic carbocycles. The van der Waals surface area contributed by atoms with E-state index in [1.54, 1.807) is 11.1 Å². The summed E-state index contributed by atoms with van der Waals surface area (Å²) >= 11 is 0. The number of amides is 1. The van der Waals surface area contributed by atoms with Gasteiger partial charge in [-0.3, -0.25) is 9.48 Å². The molecular formula is C14H20F3N3O2. The molecule has 0 bridgehead atoms. The number of halogens is 3. The molecule has 8 heteroatoms. The highest BCUT2D eigenvalue weighted by Crippen LogP contribution is 2.22. The number of hydrogen-bond donors (Lipinski definition) is 0. The number of carbonyl (C=O) groups excluding carboxylic acids is 1. The van der Waals surface area contributed by atoms with Crippen molar-refractivity contribution in [1.29, 1.82) is 0 Å². The van der Waals surface area contributed by atoms with Crippen molar-refractivity contribution in [1.82, 2.24) is 14.7 Å². The minimum absolute atomic E-state index is 0.0269. The zero-order chi connectivity index (χ0) is 16.2. The topological polar surface area (TPSA) is 47.4 Å². The van der Waals surface area contributed by atoms with Crippen molar-refractivity contribution in [3.63, 3.8) is 0 Å². The molecule has 1 fully saturated rings. The van der Waals surface area contributed by atoms with Gasteiger partial charge in [0.25, 0.3) is 0 Å². The van der Waals surface area contributed by atoms with Crippen molar-refractivity contribution < 1.29 is 22.7 Å². The summed E-state index contributed by atoms with van der Waals surface area (Å²) in [6.07, 6.45) is 1.13. The molecule has 1 aromatic rings. The van der Waals surface area contributed by atoms with Gasteiger partial charge >= 0.3 is 6.18 Å². The van der Waals surface area contributed by atoms with Crippen molar-refractivity contribution in [2.75, 3.05) is 26.3 Å². The Morgan fingerprint density at radius 2 is 2.27 bits per heavy atom. The van der Waals surface area contributed by atoms with Crippen LogP contribution in [0.15, 0.2) is 12.4 Å². The maximum atomic E-state index is 12.0. The van der Waals surface area contributed by atoms with E-state index in [0.29, 0.717) is 13.1 Å². The number of hydrogen-bond acceptors (Lipinski definition) is 3. The Balaban J connectivity index is 1.78. The molecule has 1 saturated heterocycles. The average Bonchev–Trinajstić information content (AvgIpc) is 2.89. The second kappa shape index (κ2) is 7.13. The Morgan fingerprint density at radius 3 is 2.91 bits per heavy atom. The lowest BCUT2D eigenvalue weighted by molar-refractivity contribution is -0.175. The third kappa shape index (κ3) is 5.01.